The van der Waals surface area contributed by atoms with Gasteiger partial charge in [-0.25, -0.2) is 0 Å². The van der Waals surface area contributed by atoms with Gasteiger partial charge in [-0.3, -0.25) is 0 Å². The molecule has 0 aliphatic heterocycles. The molecule has 2 rings (SSSR count). The average Bonchev–Trinajstić information content (AvgIpc) is 2.70. The normalized spacial score (nSPS) is 38.7. The van der Waals surface area contributed by atoms with Gasteiger partial charge < -0.3 is 9.47 Å². The Kier molecular flexibility index (Phi) is 3.70. The van der Waals surface area contributed by atoms with Crippen LogP contribution in [0.3, 0.4) is 0 Å². The largest absolute Gasteiger partial charge is 0.355 e. The van der Waals surface area contributed by atoms with Crippen molar-refractivity contribution in [3.8, 4) is 0 Å². The maximum absolute atomic E-state index is 5.61. The fourth-order valence-electron chi connectivity index (χ4n) is 4.20. The van der Waals surface area contributed by atoms with E-state index in [9.17, 15) is 0 Å². The fourth-order valence-corrected chi connectivity index (χ4v) is 4.20. The van der Waals surface area contributed by atoms with E-state index in [0.29, 0.717) is 5.92 Å². The van der Waals surface area contributed by atoms with Crippen molar-refractivity contribution < 1.29 is 9.47 Å². The van der Waals surface area contributed by atoms with Crippen LogP contribution in [0.25, 0.3) is 0 Å². The van der Waals surface area contributed by atoms with Crippen molar-refractivity contribution in [3.05, 3.63) is 12.7 Å². The molecule has 2 nitrogen and oxygen atoms in total. The molecule has 0 spiro atoms. The predicted octanol–water partition coefficient (Wildman–Crippen LogP) is 3.38. The van der Waals surface area contributed by atoms with E-state index in [4.69, 9.17) is 9.47 Å². The van der Waals surface area contributed by atoms with Crippen LogP contribution in [0.1, 0.15) is 38.5 Å². The first kappa shape index (κ1) is 12.1. The van der Waals surface area contributed by atoms with Gasteiger partial charge in [0.25, 0.3) is 0 Å². The second-order valence-electron chi connectivity index (χ2n) is 5.28. The molecule has 16 heavy (non-hydrogen) atoms. The molecule has 0 amide bonds. The summed E-state index contributed by atoms with van der Waals surface area (Å²) in [7, 11) is 3.54. The van der Waals surface area contributed by atoms with Gasteiger partial charge in [-0.15, -0.1) is 6.58 Å². The topological polar surface area (TPSA) is 18.5 Å². The minimum absolute atomic E-state index is 0.0525. The van der Waals surface area contributed by atoms with Gasteiger partial charge in [-0.2, -0.15) is 0 Å². The molecule has 92 valence electrons. The van der Waals surface area contributed by atoms with Crippen LogP contribution < -0.4 is 0 Å². The van der Waals surface area contributed by atoms with Crippen LogP contribution in [0.2, 0.25) is 0 Å². The summed E-state index contributed by atoms with van der Waals surface area (Å²) in [6, 6.07) is 0. The highest BCUT2D eigenvalue weighted by molar-refractivity contribution is 5.07. The summed E-state index contributed by atoms with van der Waals surface area (Å²) in [5, 5.41) is 0. The summed E-state index contributed by atoms with van der Waals surface area (Å²) in [5.74, 6) is 1.34. The Bertz CT molecular complexity index is 247. The van der Waals surface area contributed by atoms with Gasteiger partial charge in [0, 0.05) is 19.6 Å². The van der Waals surface area contributed by atoms with Crippen LogP contribution >= 0.6 is 0 Å². The van der Waals surface area contributed by atoms with E-state index < -0.39 is 0 Å². The highest BCUT2D eigenvalue weighted by Crippen LogP contribution is 2.58. The van der Waals surface area contributed by atoms with Crippen LogP contribution in [0.4, 0.5) is 0 Å². The van der Waals surface area contributed by atoms with E-state index in [1.807, 2.05) is 0 Å². The molecule has 2 aliphatic carbocycles. The van der Waals surface area contributed by atoms with Gasteiger partial charge in [0.1, 0.15) is 0 Å². The lowest BCUT2D eigenvalue weighted by Crippen LogP contribution is -2.46. The number of hydrogen-bond donors (Lipinski definition) is 0. The van der Waals surface area contributed by atoms with Crippen molar-refractivity contribution in [2.24, 2.45) is 17.3 Å². The molecule has 0 N–H and O–H groups in total. The number of fused-ring (bicyclic) bond motifs is 1. The van der Waals surface area contributed by atoms with E-state index in [1.54, 1.807) is 14.2 Å². The molecule has 0 saturated heterocycles. The van der Waals surface area contributed by atoms with Gasteiger partial charge in [0.2, 0.25) is 0 Å². The highest BCUT2D eigenvalue weighted by Gasteiger charge is 2.55. The van der Waals surface area contributed by atoms with E-state index in [2.05, 4.69) is 12.7 Å². The SMILES string of the molecule is C=C[C@@H]1CC[C@H]2CCCC[C@]21C(OC)OC. The van der Waals surface area contributed by atoms with Gasteiger partial charge in [-0.1, -0.05) is 18.9 Å². The highest BCUT2D eigenvalue weighted by atomic mass is 16.7. The third kappa shape index (κ3) is 1.63. The van der Waals surface area contributed by atoms with E-state index >= 15 is 0 Å². The first-order valence-electron chi connectivity index (χ1n) is 6.47. The molecule has 2 saturated carbocycles. The molecule has 0 heterocycles. The molecule has 0 aromatic carbocycles. The van der Waals surface area contributed by atoms with E-state index in [1.165, 1.54) is 38.5 Å². The van der Waals surface area contributed by atoms with Crippen LogP contribution in [0.5, 0.6) is 0 Å². The van der Waals surface area contributed by atoms with Crippen LogP contribution in [0.15, 0.2) is 12.7 Å². The number of ether oxygens (including phenoxy) is 2. The maximum atomic E-state index is 5.61. The minimum atomic E-state index is -0.0525. The quantitative estimate of drug-likeness (QED) is 0.538. The van der Waals surface area contributed by atoms with E-state index in [-0.39, 0.29) is 11.7 Å². The summed E-state index contributed by atoms with van der Waals surface area (Å²) in [4.78, 5) is 0. The summed E-state index contributed by atoms with van der Waals surface area (Å²) in [6.45, 7) is 4.02. The zero-order valence-corrected chi connectivity index (χ0v) is 10.6. The molecule has 0 unspecified atom stereocenters. The molecular weight excluding hydrogens is 200 g/mol. The molecule has 0 bridgehead atoms. The predicted molar refractivity (Wildman–Crippen MR) is 65.1 cm³/mol. The minimum Gasteiger partial charge on any atom is -0.355 e. The lowest BCUT2D eigenvalue weighted by molar-refractivity contribution is -0.208. The Morgan fingerprint density at radius 1 is 1.19 bits per heavy atom. The van der Waals surface area contributed by atoms with Crippen molar-refractivity contribution in [1.82, 2.24) is 0 Å². The average molecular weight is 224 g/mol. The van der Waals surface area contributed by atoms with Crippen LogP contribution in [-0.2, 0) is 9.47 Å². The Morgan fingerprint density at radius 2 is 1.94 bits per heavy atom. The van der Waals surface area contributed by atoms with Crippen molar-refractivity contribution in [3.63, 3.8) is 0 Å². The number of allylic oxidation sites excluding steroid dienone is 1. The Balaban J connectivity index is 2.30. The Labute approximate surface area is 99.0 Å². The van der Waals surface area contributed by atoms with Crippen molar-refractivity contribution in [2.45, 2.75) is 44.8 Å². The van der Waals surface area contributed by atoms with Crippen LogP contribution in [-0.4, -0.2) is 20.5 Å². The first-order chi connectivity index (χ1) is 7.79. The zero-order valence-electron chi connectivity index (χ0n) is 10.6. The molecule has 0 aromatic heterocycles. The summed E-state index contributed by atoms with van der Waals surface area (Å²) in [6.07, 6.45) is 9.92. The number of methoxy groups -OCH3 is 2. The van der Waals surface area contributed by atoms with Crippen LogP contribution in [0, 0.1) is 17.3 Å². The first-order valence-corrected chi connectivity index (χ1v) is 6.47. The molecular formula is C14H24O2. The zero-order chi connectivity index (χ0) is 11.6. The van der Waals surface area contributed by atoms with Crippen molar-refractivity contribution >= 4 is 0 Å². The second-order valence-corrected chi connectivity index (χ2v) is 5.28. The third-order valence-corrected chi connectivity index (χ3v) is 4.84. The van der Waals surface area contributed by atoms with Crippen molar-refractivity contribution in [2.75, 3.05) is 14.2 Å². The molecule has 2 aliphatic rings. The monoisotopic (exact) mass is 224 g/mol. The second kappa shape index (κ2) is 4.89. The summed E-state index contributed by atoms with van der Waals surface area (Å²) in [5.41, 5.74) is 0.212. The molecule has 2 fully saturated rings. The Morgan fingerprint density at radius 3 is 2.56 bits per heavy atom. The van der Waals surface area contributed by atoms with Crippen molar-refractivity contribution in [1.29, 1.82) is 0 Å². The van der Waals surface area contributed by atoms with Gasteiger partial charge >= 0.3 is 0 Å². The lowest BCUT2D eigenvalue weighted by atomic mass is 9.63. The molecule has 0 radical (unpaired) electrons. The number of hydrogen-bond acceptors (Lipinski definition) is 2. The van der Waals surface area contributed by atoms with Gasteiger partial charge in [-0.05, 0) is 37.5 Å². The maximum Gasteiger partial charge on any atom is 0.163 e. The fraction of sp³-hybridized carbons (Fsp3) is 0.857. The molecule has 0 aromatic rings. The number of rotatable bonds is 4. The molecule has 3 atom stereocenters. The van der Waals surface area contributed by atoms with Gasteiger partial charge in [0.05, 0.1) is 0 Å². The summed E-state index contributed by atoms with van der Waals surface area (Å²) < 4.78 is 11.2. The smallest absolute Gasteiger partial charge is 0.163 e. The lowest BCUT2D eigenvalue weighted by Gasteiger charge is -2.46. The standard InChI is InChI=1S/C14H24O2/c1-4-11-8-9-12-7-5-6-10-14(11,12)13(15-2)16-3/h4,11-13H,1,5-10H2,2-3H3/t11-,12-,14-/m1/s1. The van der Waals surface area contributed by atoms with Gasteiger partial charge in [0.15, 0.2) is 6.29 Å². The van der Waals surface area contributed by atoms with E-state index in [0.717, 1.165) is 5.92 Å². The molecule has 2 heteroatoms. The third-order valence-electron chi connectivity index (χ3n) is 4.84. The summed E-state index contributed by atoms with van der Waals surface area (Å²) >= 11 is 0. The Hall–Kier alpha value is -0.340.